The summed E-state index contributed by atoms with van der Waals surface area (Å²) < 4.78 is 0. The van der Waals surface area contributed by atoms with Gasteiger partial charge in [-0.05, 0) is 61.8 Å². The van der Waals surface area contributed by atoms with Gasteiger partial charge in [-0.1, -0.05) is 48.2 Å². The maximum atomic E-state index is 13.1. The number of halogens is 3. The van der Waals surface area contributed by atoms with E-state index in [1.165, 1.54) is 12.8 Å². The molecule has 2 aliphatic rings. The number of carbonyl (C=O) groups is 1. The predicted molar refractivity (Wildman–Crippen MR) is 129 cm³/mol. The highest BCUT2D eigenvalue weighted by atomic mass is 35.5. The van der Waals surface area contributed by atoms with Gasteiger partial charge in [0.15, 0.2) is 5.78 Å². The number of Topliss-reactive ketones (excluding diaryl/α,β-unsaturated/α-hetero) is 1. The Kier molecular flexibility index (Phi) is 8.23. The number of rotatable bonds is 5. The first kappa shape index (κ1) is 23.9. The Balaban J connectivity index is 0.00000272. The third-order valence-electron chi connectivity index (χ3n) is 5.73. The van der Waals surface area contributed by atoms with Crippen LogP contribution in [0.25, 0.3) is 0 Å². The zero-order chi connectivity index (χ0) is 21.1. The Bertz CT molecular complexity index is 942. The van der Waals surface area contributed by atoms with Crippen LogP contribution in [0.4, 0.5) is 5.69 Å². The van der Waals surface area contributed by atoms with Gasteiger partial charge in [0.05, 0.1) is 23.3 Å². The van der Waals surface area contributed by atoms with E-state index in [4.69, 9.17) is 28.3 Å². The second kappa shape index (κ2) is 10.7. The van der Waals surface area contributed by atoms with Crippen molar-refractivity contribution >= 4 is 52.8 Å². The third-order valence-corrected chi connectivity index (χ3v) is 6.27. The van der Waals surface area contributed by atoms with Crippen molar-refractivity contribution in [3.05, 3.63) is 58.1 Å². The first-order valence-electron chi connectivity index (χ1n) is 10.4. The standard InChI is InChI=1S/C23H25Cl2N3O2.ClH/c24-17-7-10-21(19(25)13-17)28-22(16-5-8-18(29)9-6-16)14-20(26-28)23(30)15-27-11-3-1-2-4-12-27;/h5-10,13,22,29H,1-4,11-12,14-15H2;1H. The lowest BCUT2D eigenvalue weighted by Gasteiger charge is -2.25. The van der Waals surface area contributed by atoms with Crippen molar-refractivity contribution in [3.8, 4) is 5.75 Å². The number of benzene rings is 2. The van der Waals surface area contributed by atoms with Gasteiger partial charge in [0.2, 0.25) is 0 Å². The molecule has 8 heteroatoms. The number of hydrazone groups is 1. The smallest absolute Gasteiger partial charge is 0.192 e. The van der Waals surface area contributed by atoms with Gasteiger partial charge in [0, 0.05) is 11.4 Å². The third kappa shape index (κ3) is 5.72. The molecule has 2 aromatic carbocycles. The number of anilines is 1. The van der Waals surface area contributed by atoms with Crippen LogP contribution in [0.5, 0.6) is 5.75 Å². The molecule has 5 nitrogen and oxygen atoms in total. The molecule has 1 saturated heterocycles. The molecular formula is C23H26Cl3N3O2. The number of phenols is 1. The van der Waals surface area contributed by atoms with Crippen LogP contribution in [-0.4, -0.2) is 41.1 Å². The zero-order valence-corrected chi connectivity index (χ0v) is 19.5. The van der Waals surface area contributed by atoms with Gasteiger partial charge in [-0.2, -0.15) is 5.10 Å². The zero-order valence-electron chi connectivity index (χ0n) is 17.1. The summed E-state index contributed by atoms with van der Waals surface area (Å²) in [7, 11) is 0. The van der Waals surface area contributed by atoms with Crippen LogP contribution >= 0.6 is 35.6 Å². The highest BCUT2D eigenvalue weighted by molar-refractivity contribution is 6.41. The molecule has 2 aromatic rings. The second-order valence-corrected chi connectivity index (χ2v) is 8.76. The summed E-state index contributed by atoms with van der Waals surface area (Å²) in [5, 5.41) is 17.2. The Hall–Kier alpha value is -1.79. The Morgan fingerprint density at radius 1 is 1.03 bits per heavy atom. The summed E-state index contributed by atoms with van der Waals surface area (Å²) in [6, 6.07) is 12.1. The van der Waals surface area contributed by atoms with Crippen LogP contribution in [0.3, 0.4) is 0 Å². The van der Waals surface area contributed by atoms with Gasteiger partial charge >= 0.3 is 0 Å². The number of likely N-dealkylation sites (tertiary alicyclic amines) is 1. The topological polar surface area (TPSA) is 56.1 Å². The van der Waals surface area contributed by atoms with Crippen molar-refractivity contribution in [2.75, 3.05) is 24.6 Å². The molecule has 4 rings (SSSR count). The Morgan fingerprint density at radius 2 is 1.71 bits per heavy atom. The quantitative estimate of drug-likeness (QED) is 0.579. The number of carbonyl (C=O) groups excluding carboxylic acids is 1. The van der Waals surface area contributed by atoms with E-state index in [1.54, 1.807) is 29.3 Å². The van der Waals surface area contributed by atoms with E-state index >= 15 is 0 Å². The lowest BCUT2D eigenvalue weighted by molar-refractivity contribution is -0.114. The van der Waals surface area contributed by atoms with Crippen LogP contribution in [0.2, 0.25) is 10.0 Å². The molecule has 0 radical (unpaired) electrons. The van der Waals surface area contributed by atoms with Crippen LogP contribution in [0.1, 0.15) is 43.7 Å². The minimum Gasteiger partial charge on any atom is -0.508 e. The van der Waals surface area contributed by atoms with Crippen molar-refractivity contribution in [2.45, 2.75) is 38.1 Å². The van der Waals surface area contributed by atoms with E-state index in [-0.39, 0.29) is 30.0 Å². The molecular weight excluding hydrogens is 457 g/mol. The molecule has 166 valence electrons. The van der Waals surface area contributed by atoms with Gasteiger partial charge < -0.3 is 5.11 Å². The molecule has 1 fully saturated rings. The maximum absolute atomic E-state index is 13.1. The largest absolute Gasteiger partial charge is 0.508 e. The molecule has 0 saturated carbocycles. The van der Waals surface area contributed by atoms with Crippen molar-refractivity contribution in [3.63, 3.8) is 0 Å². The number of hydrogen-bond acceptors (Lipinski definition) is 5. The second-order valence-electron chi connectivity index (χ2n) is 7.91. The summed E-state index contributed by atoms with van der Waals surface area (Å²) in [6.45, 7) is 2.34. The first-order chi connectivity index (χ1) is 14.5. The van der Waals surface area contributed by atoms with E-state index in [9.17, 15) is 9.90 Å². The summed E-state index contributed by atoms with van der Waals surface area (Å²) in [5.74, 6) is 0.263. The molecule has 0 amide bonds. The highest BCUT2D eigenvalue weighted by Crippen LogP contribution is 2.40. The van der Waals surface area contributed by atoms with Gasteiger partial charge in [-0.15, -0.1) is 12.4 Å². The summed E-state index contributed by atoms with van der Waals surface area (Å²) in [6.07, 6.45) is 5.25. The minimum atomic E-state index is -0.174. The lowest BCUT2D eigenvalue weighted by atomic mass is 9.99. The van der Waals surface area contributed by atoms with Crippen LogP contribution in [0, 0.1) is 0 Å². The van der Waals surface area contributed by atoms with Crippen LogP contribution in [-0.2, 0) is 4.79 Å². The fourth-order valence-corrected chi connectivity index (χ4v) is 4.61. The number of ketones is 1. The van der Waals surface area contributed by atoms with Crippen molar-refractivity contribution < 1.29 is 9.90 Å². The van der Waals surface area contributed by atoms with Gasteiger partial charge in [0.25, 0.3) is 0 Å². The molecule has 1 unspecified atom stereocenters. The molecule has 2 aliphatic heterocycles. The molecule has 1 atom stereocenters. The lowest BCUT2D eigenvalue weighted by Crippen LogP contribution is -2.33. The first-order valence-corrected chi connectivity index (χ1v) is 11.1. The molecule has 31 heavy (non-hydrogen) atoms. The van der Waals surface area contributed by atoms with E-state index in [0.717, 1.165) is 31.5 Å². The summed E-state index contributed by atoms with van der Waals surface area (Å²) in [5.41, 5.74) is 2.22. The minimum absolute atomic E-state index is 0. The fraction of sp³-hybridized carbons (Fsp3) is 0.391. The molecule has 0 aliphatic carbocycles. The van der Waals surface area contributed by atoms with Gasteiger partial charge in [0.1, 0.15) is 11.5 Å². The molecule has 0 bridgehead atoms. The summed E-state index contributed by atoms with van der Waals surface area (Å²) >= 11 is 12.5. The van der Waals surface area contributed by atoms with Crippen LogP contribution in [0.15, 0.2) is 47.6 Å². The maximum Gasteiger partial charge on any atom is 0.192 e. The van der Waals surface area contributed by atoms with Crippen molar-refractivity contribution in [1.29, 1.82) is 0 Å². The van der Waals surface area contributed by atoms with Gasteiger partial charge in [-0.25, -0.2) is 0 Å². The SMILES string of the molecule is Cl.O=C(CN1CCCCCC1)C1=NN(c2ccc(Cl)cc2Cl)C(c2ccc(O)cc2)C1. The van der Waals surface area contributed by atoms with E-state index < -0.39 is 0 Å². The monoisotopic (exact) mass is 481 g/mol. The highest BCUT2D eigenvalue weighted by Gasteiger charge is 2.33. The fourth-order valence-electron chi connectivity index (χ4n) is 4.11. The van der Waals surface area contributed by atoms with E-state index in [2.05, 4.69) is 4.90 Å². The predicted octanol–water partition coefficient (Wildman–Crippen LogP) is 5.87. The van der Waals surface area contributed by atoms with Gasteiger partial charge in [-0.3, -0.25) is 14.7 Å². The van der Waals surface area contributed by atoms with E-state index in [0.29, 0.717) is 34.4 Å². The Labute approximate surface area is 199 Å². The summed E-state index contributed by atoms with van der Waals surface area (Å²) in [4.78, 5) is 15.3. The average molecular weight is 483 g/mol. The Morgan fingerprint density at radius 3 is 2.35 bits per heavy atom. The molecule has 1 N–H and O–H groups in total. The number of nitrogens with zero attached hydrogens (tertiary/aromatic N) is 3. The molecule has 0 spiro atoms. The number of aromatic hydroxyl groups is 1. The normalized spacial score (nSPS) is 19.5. The number of hydrogen-bond donors (Lipinski definition) is 1. The number of phenolic OH excluding ortho intramolecular Hbond substituents is 1. The van der Waals surface area contributed by atoms with E-state index in [1.807, 2.05) is 18.2 Å². The average Bonchev–Trinajstić information content (AvgIpc) is 3.00. The molecule has 2 heterocycles. The van der Waals surface area contributed by atoms with Crippen molar-refractivity contribution in [1.82, 2.24) is 4.90 Å². The van der Waals surface area contributed by atoms with Crippen LogP contribution < -0.4 is 5.01 Å². The van der Waals surface area contributed by atoms with Crippen molar-refractivity contribution in [2.24, 2.45) is 5.10 Å². The molecule has 0 aromatic heterocycles.